The molecule has 0 saturated carbocycles. The number of benzene rings is 1. The van der Waals surface area contributed by atoms with E-state index in [4.69, 9.17) is 4.74 Å². The first-order valence-electron chi connectivity index (χ1n) is 8.56. The summed E-state index contributed by atoms with van der Waals surface area (Å²) in [6.45, 7) is 4.07. The highest BCUT2D eigenvalue weighted by molar-refractivity contribution is 5.29. The van der Waals surface area contributed by atoms with Crippen LogP contribution in [0.4, 0.5) is 13.2 Å². The van der Waals surface area contributed by atoms with Gasteiger partial charge in [0.15, 0.2) is 0 Å². The number of methoxy groups -OCH3 is 1. The highest BCUT2D eigenvalue weighted by Crippen LogP contribution is 2.35. The zero-order valence-electron chi connectivity index (χ0n) is 14.5. The molecule has 1 rings (SSSR count). The van der Waals surface area contributed by atoms with E-state index >= 15 is 0 Å². The first kappa shape index (κ1) is 20.0. The van der Waals surface area contributed by atoms with Crippen LogP contribution in [0.5, 0.6) is 0 Å². The fourth-order valence-electron chi connectivity index (χ4n) is 2.81. The van der Waals surface area contributed by atoms with Crippen molar-refractivity contribution in [1.82, 2.24) is 0 Å². The van der Waals surface area contributed by atoms with Crippen molar-refractivity contribution >= 4 is 0 Å². The number of alkyl halides is 3. The van der Waals surface area contributed by atoms with E-state index < -0.39 is 17.3 Å². The third kappa shape index (κ3) is 6.54. The summed E-state index contributed by atoms with van der Waals surface area (Å²) in [5, 5.41) is 0. The third-order valence-corrected chi connectivity index (χ3v) is 4.51. The number of halogens is 3. The van der Waals surface area contributed by atoms with Gasteiger partial charge in [-0.05, 0) is 31.0 Å². The lowest BCUT2D eigenvalue weighted by atomic mass is 9.88. The van der Waals surface area contributed by atoms with E-state index in [2.05, 4.69) is 6.92 Å². The van der Waals surface area contributed by atoms with E-state index in [1.165, 1.54) is 44.2 Å². The second-order valence-electron chi connectivity index (χ2n) is 6.38. The van der Waals surface area contributed by atoms with Gasteiger partial charge in [-0.2, -0.15) is 13.2 Å². The summed E-state index contributed by atoms with van der Waals surface area (Å²) in [6.07, 6.45) is 4.68. The van der Waals surface area contributed by atoms with Crippen LogP contribution < -0.4 is 0 Å². The van der Waals surface area contributed by atoms with Crippen LogP contribution in [-0.2, 0) is 16.5 Å². The van der Waals surface area contributed by atoms with Crippen molar-refractivity contribution in [3.05, 3.63) is 35.4 Å². The van der Waals surface area contributed by atoms with Crippen molar-refractivity contribution in [2.75, 3.05) is 7.11 Å². The molecule has 1 unspecified atom stereocenters. The van der Waals surface area contributed by atoms with Crippen LogP contribution in [0.15, 0.2) is 24.3 Å². The molecule has 0 heterocycles. The lowest BCUT2D eigenvalue weighted by Gasteiger charge is -2.29. The van der Waals surface area contributed by atoms with Crippen molar-refractivity contribution in [1.29, 1.82) is 0 Å². The summed E-state index contributed by atoms with van der Waals surface area (Å²) in [5.41, 5.74) is -0.677. The summed E-state index contributed by atoms with van der Waals surface area (Å²) in [7, 11) is 1.57. The van der Waals surface area contributed by atoms with Crippen LogP contribution in [0.3, 0.4) is 0 Å². The van der Waals surface area contributed by atoms with Crippen molar-refractivity contribution in [3.8, 4) is 0 Å². The topological polar surface area (TPSA) is 9.23 Å². The van der Waals surface area contributed by atoms with Crippen LogP contribution in [0.25, 0.3) is 0 Å². The molecule has 0 spiro atoms. The zero-order chi connectivity index (χ0) is 17.3. The zero-order valence-corrected chi connectivity index (χ0v) is 14.5. The van der Waals surface area contributed by atoms with Crippen LogP contribution in [0.2, 0.25) is 0 Å². The molecule has 23 heavy (non-hydrogen) atoms. The monoisotopic (exact) mass is 330 g/mol. The number of hydrogen-bond acceptors (Lipinski definition) is 1. The number of unbranched alkanes of at least 4 members (excludes halogenated alkanes) is 6. The first-order chi connectivity index (χ1) is 10.8. The van der Waals surface area contributed by atoms with Crippen LogP contribution in [0.1, 0.15) is 76.3 Å². The SMILES string of the molecule is CCCCCCCCCC(C)(OC)c1cccc(C(F)(F)F)c1. The molecule has 0 aliphatic carbocycles. The Morgan fingerprint density at radius 2 is 1.48 bits per heavy atom. The second kappa shape index (κ2) is 9.31. The minimum atomic E-state index is -4.32. The van der Waals surface area contributed by atoms with Gasteiger partial charge in [-0.3, -0.25) is 0 Å². The fourth-order valence-corrected chi connectivity index (χ4v) is 2.81. The largest absolute Gasteiger partial charge is 0.416 e. The minimum Gasteiger partial charge on any atom is -0.374 e. The van der Waals surface area contributed by atoms with Gasteiger partial charge in [0.2, 0.25) is 0 Å². The number of hydrogen-bond donors (Lipinski definition) is 0. The average Bonchev–Trinajstić information content (AvgIpc) is 2.53. The summed E-state index contributed by atoms with van der Waals surface area (Å²) in [6, 6.07) is 5.50. The maximum absolute atomic E-state index is 12.9. The van der Waals surface area contributed by atoms with E-state index in [9.17, 15) is 13.2 Å². The van der Waals surface area contributed by atoms with E-state index in [0.29, 0.717) is 5.56 Å². The van der Waals surface area contributed by atoms with E-state index in [1.54, 1.807) is 13.2 Å². The molecule has 4 heteroatoms. The molecule has 0 bridgehead atoms. The summed E-state index contributed by atoms with van der Waals surface area (Å²) in [4.78, 5) is 0. The van der Waals surface area contributed by atoms with Gasteiger partial charge in [0, 0.05) is 7.11 Å². The Hall–Kier alpha value is -1.03. The molecule has 0 saturated heterocycles. The summed E-state index contributed by atoms with van der Waals surface area (Å²) >= 11 is 0. The molecule has 132 valence electrons. The summed E-state index contributed by atoms with van der Waals surface area (Å²) in [5.74, 6) is 0. The van der Waals surface area contributed by atoms with E-state index in [1.807, 2.05) is 6.92 Å². The third-order valence-electron chi connectivity index (χ3n) is 4.51. The van der Waals surface area contributed by atoms with Gasteiger partial charge in [-0.25, -0.2) is 0 Å². The molecular formula is C19H29F3O. The van der Waals surface area contributed by atoms with Crippen molar-refractivity contribution < 1.29 is 17.9 Å². The van der Waals surface area contributed by atoms with Crippen molar-refractivity contribution in [2.45, 2.75) is 77.0 Å². The smallest absolute Gasteiger partial charge is 0.374 e. The predicted molar refractivity (Wildman–Crippen MR) is 88.4 cm³/mol. The molecule has 1 aromatic rings. The minimum absolute atomic E-state index is 0.598. The molecule has 0 aromatic heterocycles. The molecule has 0 amide bonds. The highest BCUT2D eigenvalue weighted by atomic mass is 19.4. The Labute approximate surface area is 138 Å². The van der Waals surface area contributed by atoms with Crippen LogP contribution in [0, 0.1) is 0 Å². The van der Waals surface area contributed by atoms with E-state index in [-0.39, 0.29) is 0 Å². The Bertz CT molecular complexity index is 456. The van der Waals surface area contributed by atoms with Gasteiger partial charge in [-0.1, -0.05) is 64.0 Å². The lowest BCUT2D eigenvalue weighted by Crippen LogP contribution is -2.25. The highest BCUT2D eigenvalue weighted by Gasteiger charge is 2.33. The number of ether oxygens (including phenoxy) is 1. The first-order valence-corrected chi connectivity index (χ1v) is 8.56. The second-order valence-corrected chi connectivity index (χ2v) is 6.38. The number of rotatable bonds is 10. The molecule has 0 N–H and O–H groups in total. The molecule has 1 aromatic carbocycles. The molecule has 1 atom stereocenters. The molecule has 0 aliphatic rings. The van der Waals surface area contributed by atoms with Gasteiger partial charge in [0.1, 0.15) is 0 Å². The summed E-state index contributed by atoms with van der Waals surface area (Å²) < 4.78 is 44.2. The maximum Gasteiger partial charge on any atom is 0.416 e. The Kier molecular flexibility index (Phi) is 8.10. The lowest BCUT2D eigenvalue weighted by molar-refractivity contribution is -0.137. The quantitative estimate of drug-likeness (QED) is 0.433. The van der Waals surface area contributed by atoms with Gasteiger partial charge in [0.05, 0.1) is 11.2 Å². The Morgan fingerprint density at radius 3 is 2.04 bits per heavy atom. The molecule has 0 radical (unpaired) electrons. The molecule has 0 aliphatic heterocycles. The Balaban J connectivity index is 2.59. The maximum atomic E-state index is 12.9. The van der Waals surface area contributed by atoms with Crippen LogP contribution >= 0.6 is 0 Å². The predicted octanol–water partition coefficient (Wildman–Crippen LogP) is 6.71. The van der Waals surface area contributed by atoms with Crippen molar-refractivity contribution in [3.63, 3.8) is 0 Å². The molecule has 0 fully saturated rings. The van der Waals surface area contributed by atoms with E-state index in [0.717, 1.165) is 25.3 Å². The standard InChI is InChI=1S/C19H29F3O/c1-4-5-6-7-8-9-10-14-18(2,23-3)16-12-11-13-17(15-16)19(20,21)22/h11-13,15H,4-10,14H2,1-3H3. The fraction of sp³-hybridized carbons (Fsp3) is 0.684. The van der Waals surface area contributed by atoms with Gasteiger partial charge < -0.3 is 4.74 Å². The molecular weight excluding hydrogens is 301 g/mol. The Morgan fingerprint density at radius 1 is 0.913 bits per heavy atom. The van der Waals surface area contributed by atoms with Gasteiger partial charge >= 0.3 is 6.18 Å². The van der Waals surface area contributed by atoms with Gasteiger partial charge in [0.25, 0.3) is 0 Å². The average molecular weight is 330 g/mol. The van der Waals surface area contributed by atoms with Gasteiger partial charge in [-0.15, -0.1) is 0 Å². The van der Waals surface area contributed by atoms with Crippen LogP contribution in [-0.4, -0.2) is 7.11 Å². The van der Waals surface area contributed by atoms with Crippen molar-refractivity contribution in [2.24, 2.45) is 0 Å². The normalized spacial score (nSPS) is 14.7. The molecule has 1 nitrogen and oxygen atoms in total.